The maximum atomic E-state index is 10.9. The molecule has 2 rings (SSSR count). The average Bonchev–Trinajstić information content (AvgIpc) is 2.32. The lowest BCUT2D eigenvalue weighted by atomic mass is 10.0. The molecule has 0 unspecified atom stereocenters. The van der Waals surface area contributed by atoms with Crippen LogP contribution in [0.5, 0.6) is 0 Å². The number of hydrogen-bond acceptors (Lipinski definition) is 2. The van der Waals surface area contributed by atoms with E-state index in [4.69, 9.17) is 34.8 Å². The van der Waals surface area contributed by atoms with Crippen LogP contribution in [0.3, 0.4) is 0 Å². The predicted octanol–water partition coefficient (Wildman–Crippen LogP) is 4.52. The van der Waals surface area contributed by atoms with Crippen molar-refractivity contribution in [1.82, 2.24) is 4.98 Å². The molecule has 0 atom stereocenters. The van der Waals surface area contributed by atoms with Crippen molar-refractivity contribution in [2.75, 3.05) is 0 Å². The van der Waals surface area contributed by atoms with Crippen molar-refractivity contribution in [3.63, 3.8) is 0 Å². The summed E-state index contributed by atoms with van der Waals surface area (Å²) in [5.74, 6) is 0. The molecule has 0 aliphatic rings. The Balaban J connectivity index is 2.62. The minimum atomic E-state index is 0.313. The number of rotatable bonds is 2. The highest BCUT2D eigenvalue weighted by Crippen LogP contribution is 2.30. The van der Waals surface area contributed by atoms with Crippen LogP contribution in [0.1, 0.15) is 10.5 Å². The van der Waals surface area contributed by atoms with Crippen molar-refractivity contribution in [3.8, 4) is 11.1 Å². The molecule has 1 heterocycles. The van der Waals surface area contributed by atoms with E-state index in [1.807, 2.05) is 0 Å². The first-order valence-electron chi connectivity index (χ1n) is 4.68. The van der Waals surface area contributed by atoms with Gasteiger partial charge in [-0.1, -0.05) is 40.9 Å². The molecule has 0 amide bonds. The minimum absolute atomic E-state index is 0.313. The van der Waals surface area contributed by atoms with Crippen molar-refractivity contribution >= 4 is 41.1 Å². The molecule has 1 aromatic carbocycles. The summed E-state index contributed by atoms with van der Waals surface area (Å²) in [5.41, 5.74) is 1.69. The lowest BCUT2D eigenvalue weighted by molar-refractivity contribution is 0.111. The Morgan fingerprint density at radius 1 is 1.06 bits per heavy atom. The highest BCUT2D eigenvalue weighted by molar-refractivity contribution is 6.42. The molecule has 1 aromatic heterocycles. The summed E-state index contributed by atoms with van der Waals surface area (Å²) < 4.78 is 0. The van der Waals surface area contributed by atoms with Crippen LogP contribution in [0.2, 0.25) is 15.1 Å². The van der Waals surface area contributed by atoms with E-state index >= 15 is 0 Å². The predicted molar refractivity (Wildman–Crippen MR) is 70.1 cm³/mol. The molecule has 5 heteroatoms. The first-order valence-corrected chi connectivity index (χ1v) is 5.81. The second kappa shape index (κ2) is 5.05. The average molecular weight is 287 g/mol. The zero-order valence-electron chi connectivity index (χ0n) is 8.45. The zero-order valence-corrected chi connectivity index (χ0v) is 10.7. The molecule has 0 bridgehead atoms. The number of nitrogens with zero attached hydrogens (tertiary/aromatic N) is 1. The van der Waals surface area contributed by atoms with Gasteiger partial charge in [-0.25, -0.2) is 0 Å². The molecule has 0 aliphatic heterocycles. The fourth-order valence-electron chi connectivity index (χ4n) is 1.44. The maximum Gasteiger partial charge on any atom is 0.169 e. The van der Waals surface area contributed by atoms with Gasteiger partial charge < -0.3 is 0 Å². The van der Waals surface area contributed by atoms with Gasteiger partial charge in [0.1, 0.15) is 5.69 Å². The van der Waals surface area contributed by atoms with Crippen LogP contribution in [-0.4, -0.2) is 11.3 Å². The van der Waals surface area contributed by atoms with Crippen LogP contribution in [0.25, 0.3) is 11.1 Å². The third kappa shape index (κ3) is 2.60. The number of halogens is 3. The van der Waals surface area contributed by atoms with Crippen LogP contribution in [0.15, 0.2) is 30.5 Å². The number of benzene rings is 1. The van der Waals surface area contributed by atoms with Crippen LogP contribution >= 0.6 is 34.8 Å². The van der Waals surface area contributed by atoms with Crippen LogP contribution < -0.4 is 0 Å². The number of carbonyl (C=O) groups excluding carboxylic acids is 1. The fraction of sp³-hybridized carbons (Fsp3) is 0. The first-order chi connectivity index (χ1) is 8.11. The van der Waals surface area contributed by atoms with Crippen LogP contribution in [-0.2, 0) is 0 Å². The number of aldehydes is 1. The van der Waals surface area contributed by atoms with E-state index in [-0.39, 0.29) is 0 Å². The van der Waals surface area contributed by atoms with E-state index in [9.17, 15) is 4.79 Å². The van der Waals surface area contributed by atoms with E-state index < -0.39 is 0 Å². The largest absolute Gasteiger partial charge is 0.296 e. The van der Waals surface area contributed by atoms with E-state index in [1.165, 1.54) is 6.20 Å². The van der Waals surface area contributed by atoms with Crippen molar-refractivity contribution in [1.29, 1.82) is 0 Å². The monoisotopic (exact) mass is 285 g/mol. The summed E-state index contributed by atoms with van der Waals surface area (Å²) in [7, 11) is 0. The molecule has 0 saturated heterocycles. The highest BCUT2D eigenvalue weighted by atomic mass is 35.5. The van der Waals surface area contributed by atoms with Gasteiger partial charge in [0.15, 0.2) is 6.29 Å². The molecule has 0 N–H and O–H groups in total. The third-order valence-corrected chi connectivity index (χ3v) is 3.17. The second-order valence-corrected chi connectivity index (χ2v) is 4.58. The molecule has 86 valence electrons. The van der Waals surface area contributed by atoms with Gasteiger partial charge in [-0.2, -0.15) is 0 Å². The van der Waals surface area contributed by atoms with Crippen molar-refractivity contribution < 1.29 is 4.79 Å². The molecule has 0 fully saturated rings. The summed E-state index contributed by atoms with van der Waals surface area (Å²) in [6, 6.07) is 6.76. The second-order valence-electron chi connectivity index (χ2n) is 3.33. The fourth-order valence-corrected chi connectivity index (χ4v) is 1.89. The summed E-state index contributed by atoms with van der Waals surface area (Å²) in [4.78, 5) is 14.8. The molecule has 0 radical (unpaired) electrons. The summed E-state index contributed by atoms with van der Waals surface area (Å²) in [6.07, 6.45) is 2.10. The number of carbonyl (C=O) groups is 1. The minimum Gasteiger partial charge on any atom is -0.296 e. The SMILES string of the molecule is O=Cc1ncc(Cl)cc1-c1ccc(Cl)c(Cl)c1. The van der Waals surface area contributed by atoms with Gasteiger partial charge in [-0.15, -0.1) is 0 Å². The van der Waals surface area contributed by atoms with Gasteiger partial charge in [0.2, 0.25) is 0 Å². The van der Waals surface area contributed by atoms with Crippen LogP contribution in [0.4, 0.5) is 0 Å². The number of hydrogen-bond donors (Lipinski definition) is 0. The normalized spacial score (nSPS) is 10.3. The van der Waals surface area contributed by atoms with Crippen molar-refractivity contribution in [2.24, 2.45) is 0 Å². The Hall–Kier alpha value is -1.09. The lowest BCUT2D eigenvalue weighted by Gasteiger charge is -2.06. The van der Waals surface area contributed by atoms with E-state index in [0.29, 0.717) is 32.6 Å². The Kier molecular flexibility index (Phi) is 3.67. The topological polar surface area (TPSA) is 30.0 Å². The molecular formula is C12H6Cl3NO. The highest BCUT2D eigenvalue weighted by Gasteiger charge is 2.08. The Morgan fingerprint density at radius 3 is 2.47 bits per heavy atom. The van der Waals surface area contributed by atoms with Crippen molar-refractivity contribution in [2.45, 2.75) is 0 Å². The summed E-state index contributed by atoms with van der Waals surface area (Å²) in [5, 5.41) is 1.33. The van der Waals surface area contributed by atoms with Crippen LogP contribution in [0, 0.1) is 0 Å². The summed E-state index contributed by atoms with van der Waals surface area (Å²) in [6.45, 7) is 0. The third-order valence-electron chi connectivity index (χ3n) is 2.23. The number of pyridine rings is 1. The molecule has 0 spiro atoms. The van der Waals surface area contributed by atoms with Gasteiger partial charge in [0.05, 0.1) is 15.1 Å². The Bertz CT molecular complexity index is 584. The lowest BCUT2D eigenvalue weighted by Crippen LogP contribution is -1.92. The standard InChI is InChI=1S/C12H6Cl3NO/c13-8-4-9(12(6-17)16-5-8)7-1-2-10(14)11(15)3-7/h1-6H. The Labute approximate surface area is 113 Å². The van der Waals surface area contributed by atoms with E-state index in [0.717, 1.165) is 5.56 Å². The first kappa shape index (κ1) is 12.4. The Morgan fingerprint density at radius 2 is 1.82 bits per heavy atom. The summed E-state index contributed by atoms with van der Waals surface area (Å²) >= 11 is 17.6. The van der Waals surface area contributed by atoms with Gasteiger partial charge in [-0.05, 0) is 23.8 Å². The van der Waals surface area contributed by atoms with E-state index in [1.54, 1.807) is 24.3 Å². The molecule has 0 aliphatic carbocycles. The smallest absolute Gasteiger partial charge is 0.169 e. The molecule has 0 saturated carbocycles. The quantitative estimate of drug-likeness (QED) is 0.760. The maximum absolute atomic E-state index is 10.9. The zero-order chi connectivity index (χ0) is 12.4. The molecular weight excluding hydrogens is 280 g/mol. The molecule has 2 aromatic rings. The van der Waals surface area contributed by atoms with E-state index in [2.05, 4.69) is 4.98 Å². The van der Waals surface area contributed by atoms with Gasteiger partial charge in [0, 0.05) is 11.8 Å². The van der Waals surface area contributed by atoms with Crippen molar-refractivity contribution in [3.05, 3.63) is 51.2 Å². The number of aromatic nitrogens is 1. The van der Waals surface area contributed by atoms with Gasteiger partial charge >= 0.3 is 0 Å². The molecule has 17 heavy (non-hydrogen) atoms. The molecule has 2 nitrogen and oxygen atoms in total. The van der Waals surface area contributed by atoms with Gasteiger partial charge in [-0.3, -0.25) is 9.78 Å². The van der Waals surface area contributed by atoms with Gasteiger partial charge in [0.25, 0.3) is 0 Å².